The van der Waals surface area contributed by atoms with Crippen LogP contribution in [-0.4, -0.2) is 29.7 Å². The fourth-order valence-corrected chi connectivity index (χ4v) is 2.75. The summed E-state index contributed by atoms with van der Waals surface area (Å²) in [4.78, 5) is 27.4. The molecular formula is C17H14N2O4S. The van der Waals surface area contributed by atoms with Gasteiger partial charge in [0.05, 0.1) is 36.4 Å². The molecule has 3 rings (SSSR count). The van der Waals surface area contributed by atoms with Crippen LogP contribution in [0.1, 0.15) is 10.4 Å². The summed E-state index contributed by atoms with van der Waals surface area (Å²) in [5.74, 6) is 0.142. The van der Waals surface area contributed by atoms with E-state index in [2.05, 4.69) is 9.72 Å². The molecule has 0 aliphatic heterocycles. The maximum absolute atomic E-state index is 12.8. The molecule has 0 spiro atoms. The Morgan fingerprint density at radius 1 is 1.17 bits per heavy atom. The van der Waals surface area contributed by atoms with Crippen LogP contribution in [0.5, 0.6) is 5.75 Å². The van der Waals surface area contributed by atoms with Gasteiger partial charge in [-0.05, 0) is 42.5 Å². The Kier molecular flexibility index (Phi) is 4.18. The number of hydrogen-bond donors (Lipinski definition) is 1. The first kappa shape index (κ1) is 15.9. The largest absolute Gasteiger partial charge is 0.497 e. The third kappa shape index (κ3) is 2.69. The lowest BCUT2D eigenvalue weighted by atomic mass is 10.1. The molecule has 0 unspecified atom stereocenters. The molecule has 7 heteroatoms. The molecule has 0 fully saturated rings. The van der Waals surface area contributed by atoms with Gasteiger partial charge in [0.1, 0.15) is 5.75 Å². The first-order valence-corrected chi connectivity index (χ1v) is 7.48. The van der Waals surface area contributed by atoms with E-state index in [1.165, 1.54) is 11.7 Å². The maximum Gasteiger partial charge on any atom is 0.337 e. The van der Waals surface area contributed by atoms with Crippen LogP contribution in [-0.2, 0) is 4.74 Å². The highest BCUT2D eigenvalue weighted by molar-refractivity contribution is 7.71. The smallest absolute Gasteiger partial charge is 0.337 e. The predicted molar refractivity (Wildman–Crippen MR) is 92.6 cm³/mol. The Balaban J connectivity index is 2.26. The zero-order valence-electron chi connectivity index (χ0n) is 13.0. The summed E-state index contributed by atoms with van der Waals surface area (Å²) in [5, 5.41) is 0.416. The number of nitrogens with zero attached hydrogens (tertiary/aromatic N) is 1. The molecule has 0 saturated heterocycles. The number of esters is 1. The zero-order valence-corrected chi connectivity index (χ0v) is 13.8. The standard InChI is InChI=1S/C17H14N2O4S/c1-22-12-5-3-4-11(9-12)19-15(20)13-7-6-10(16(21)23-2)8-14(13)18-17(19)24/h3-9H,1-2H3,(H,18,24). The fourth-order valence-electron chi connectivity index (χ4n) is 2.45. The molecule has 0 amide bonds. The average Bonchev–Trinajstić information content (AvgIpc) is 2.60. The van der Waals surface area contributed by atoms with Crippen LogP contribution >= 0.6 is 12.2 Å². The molecular weight excluding hydrogens is 328 g/mol. The molecule has 3 aromatic rings. The number of benzene rings is 2. The number of carbonyl (C=O) groups is 1. The highest BCUT2D eigenvalue weighted by Gasteiger charge is 2.11. The molecule has 122 valence electrons. The number of ether oxygens (including phenoxy) is 2. The Bertz CT molecular complexity index is 1050. The van der Waals surface area contributed by atoms with E-state index in [1.54, 1.807) is 49.6 Å². The van der Waals surface area contributed by atoms with Gasteiger partial charge in [-0.25, -0.2) is 4.79 Å². The number of fused-ring (bicyclic) bond motifs is 1. The molecule has 0 bridgehead atoms. The summed E-state index contributed by atoms with van der Waals surface area (Å²) in [5.41, 5.74) is 1.14. The van der Waals surface area contributed by atoms with Crippen LogP contribution in [0.25, 0.3) is 16.6 Å². The summed E-state index contributed by atoms with van der Waals surface area (Å²) in [6, 6.07) is 11.7. The minimum Gasteiger partial charge on any atom is -0.497 e. The Morgan fingerprint density at radius 3 is 2.67 bits per heavy atom. The topological polar surface area (TPSA) is 73.3 Å². The van der Waals surface area contributed by atoms with E-state index >= 15 is 0 Å². The van der Waals surface area contributed by atoms with Crippen LogP contribution < -0.4 is 10.3 Å². The van der Waals surface area contributed by atoms with Crippen LogP contribution in [0, 0.1) is 4.77 Å². The van der Waals surface area contributed by atoms with Crippen LogP contribution in [0.2, 0.25) is 0 Å². The van der Waals surface area contributed by atoms with E-state index < -0.39 is 5.97 Å². The predicted octanol–water partition coefficient (Wildman–Crippen LogP) is 2.84. The van der Waals surface area contributed by atoms with E-state index in [1.807, 2.05) is 0 Å². The van der Waals surface area contributed by atoms with Crippen molar-refractivity contribution in [2.75, 3.05) is 14.2 Å². The molecule has 0 saturated carbocycles. The van der Waals surface area contributed by atoms with Crippen LogP contribution in [0.3, 0.4) is 0 Å². The summed E-state index contributed by atoms with van der Waals surface area (Å²) in [7, 11) is 2.85. The van der Waals surface area contributed by atoms with Crippen molar-refractivity contribution < 1.29 is 14.3 Å². The summed E-state index contributed by atoms with van der Waals surface area (Å²) >= 11 is 5.32. The number of H-pyrrole nitrogens is 1. The lowest BCUT2D eigenvalue weighted by Crippen LogP contribution is -2.20. The lowest BCUT2D eigenvalue weighted by Gasteiger charge is -2.10. The van der Waals surface area contributed by atoms with Gasteiger partial charge in [-0.2, -0.15) is 0 Å². The highest BCUT2D eigenvalue weighted by atomic mass is 32.1. The van der Waals surface area contributed by atoms with Gasteiger partial charge in [0.25, 0.3) is 5.56 Å². The van der Waals surface area contributed by atoms with Gasteiger partial charge in [0, 0.05) is 6.07 Å². The molecule has 1 aromatic heterocycles. The van der Waals surface area contributed by atoms with Gasteiger partial charge in [-0.3, -0.25) is 9.36 Å². The molecule has 6 nitrogen and oxygen atoms in total. The SMILES string of the molecule is COC(=O)c1ccc2c(=O)n(-c3cccc(OC)c3)c(=S)[nH]c2c1. The number of hydrogen-bond acceptors (Lipinski definition) is 5. The molecule has 1 heterocycles. The van der Waals surface area contributed by atoms with E-state index in [0.717, 1.165) is 0 Å². The van der Waals surface area contributed by atoms with Gasteiger partial charge >= 0.3 is 5.97 Å². The lowest BCUT2D eigenvalue weighted by molar-refractivity contribution is 0.0601. The molecule has 0 atom stereocenters. The Morgan fingerprint density at radius 2 is 1.96 bits per heavy atom. The third-order valence-electron chi connectivity index (χ3n) is 3.63. The highest BCUT2D eigenvalue weighted by Crippen LogP contribution is 2.17. The molecule has 1 N–H and O–H groups in total. The number of methoxy groups -OCH3 is 2. The van der Waals surface area contributed by atoms with E-state index in [-0.39, 0.29) is 10.3 Å². The number of aromatic nitrogens is 2. The second kappa shape index (κ2) is 6.29. The van der Waals surface area contributed by atoms with E-state index in [4.69, 9.17) is 17.0 Å². The zero-order chi connectivity index (χ0) is 17.3. The van der Waals surface area contributed by atoms with Crippen molar-refractivity contribution in [3.05, 3.63) is 63.2 Å². The van der Waals surface area contributed by atoms with Crippen molar-refractivity contribution >= 4 is 29.1 Å². The third-order valence-corrected chi connectivity index (χ3v) is 3.92. The normalized spacial score (nSPS) is 10.6. The summed E-state index contributed by atoms with van der Waals surface area (Å²) in [6.45, 7) is 0. The number of carbonyl (C=O) groups excluding carboxylic acids is 1. The van der Waals surface area contributed by atoms with Crippen LogP contribution in [0.15, 0.2) is 47.3 Å². The molecule has 0 aliphatic rings. The summed E-state index contributed by atoms with van der Waals surface area (Å²) in [6.07, 6.45) is 0. The van der Waals surface area contributed by atoms with Crippen molar-refractivity contribution in [3.63, 3.8) is 0 Å². The van der Waals surface area contributed by atoms with Crippen molar-refractivity contribution in [2.24, 2.45) is 0 Å². The minimum atomic E-state index is -0.479. The van der Waals surface area contributed by atoms with Gasteiger partial charge in [-0.1, -0.05) is 6.07 Å². The van der Waals surface area contributed by atoms with E-state index in [0.29, 0.717) is 27.9 Å². The summed E-state index contributed by atoms with van der Waals surface area (Å²) < 4.78 is 11.5. The van der Waals surface area contributed by atoms with Crippen molar-refractivity contribution in [1.82, 2.24) is 9.55 Å². The molecule has 0 aliphatic carbocycles. The number of rotatable bonds is 3. The fraction of sp³-hybridized carbons (Fsp3) is 0.118. The molecule has 2 aromatic carbocycles. The van der Waals surface area contributed by atoms with Gasteiger partial charge in [-0.15, -0.1) is 0 Å². The Labute approximate surface area is 142 Å². The number of nitrogens with one attached hydrogen (secondary N) is 1. The number of aromatic amines is 1. The molecule has 24 heavy (non-hydrogen) atoms. The van der Waals surface area contributed by atoms with Crippen LogP contribution in [0.4, 0.5) is 0 Å². The van der Waals surface area contributed by atoms with Gasteiger partial charge < -0.3 is 14.5 Å². The van der Waals surface area contributed by atoms with Crippen molar-refractivity contribution in [3.8, 4) is 11.4 Å². The van der Waals surface area contributed by atoms with Gasteiger partial charge in [0.15, 0.2) is 4.77 Å². The minimum absolute atomic E-state index is 0.225. The first-order chi connectivity index (χ1) is 11.5. The van der Waals surface area contributed by atoms with Crippen molar-refractivity contribution in [2.45, 2.75) is 0 Å². The molecule has 0 radical (unpaired) electrons. The first-order valence-electron chi connectivity index (χ1n) is 7.07. The second-order valence-electron chi connectivity index (χ2n) is 5.02. The van der Waals surface area contributed by atoms with E-state index in [9.17, 15) is 9.59 Å². The van der Waals surface area contributed by atoms with Gasteiger partial charge in [0.2, 0.25) is 0 Å². The Hall–Kier alpha value is -2.93. The monoisotopic (exact) mass is 342 g/mol. The second-order valence-corrected chi connectivity index (χ2v) is 5.41. The average molecular weight is 342 g/mol. The maximum atomic E-state index is 12.8. The quantitative estimate of drug-likeness (QED) is 0.585. The van der Waals surface area contributed by atoms with Crippen molar-refractivity contribution in [1.29, 1.82) is 0 Å².